The molecule has 1 unspecified atom stereocenters. The normalized spacial score (nSPS) is 24.9. The molecule has 0 radical (unpaired) electrons. The maximum atomic E-state index is 11.5. The average molecular weight is 473 g/mol. The number of nitrogens with zero attached hydrogens (tertiary/aromatic N) is 1. The van der Waals surface area contributed by atoms with Crippen LogP contribution in [0, 0.1) is 0 Å². The Hall–Kier alpha value is -0.0900. The molecule has 0 amide bonds. The van der Waals surface area contributed by atoms with Crippen LogP contribution in [0.5, 0.6) is 0 Å². The fourth-order valence-corrected chi connectivity index (χ4v) is 4.88. The van der Waals surface area contributed by atoms with Gasteiger partial charge < -0.3 is 15.4 Å². The standard InChI is InChI=1S/C16H31N3O3S.HI/c1-2-17-16(19-14-9-12-23(20,21)13-14)18-10-11-22-15-7-5-3-4-6-8-15;/h14-15H,2-13H2,1H3,(H2,17,18,19);1H. The van der Waals surface area contributed by atoms with Crippen molar-refractivity contribution in [3.05, 3.63) is 0 Å². The van der Waals surface area contributed by atoms with Crippen LogP contribution in [-0.2, 0) is 14.6 Å². The minimum Gasteiger partial charge on any atom is -0.376 e. The molecule has 1 atom stereocenters. The molecule has 1 aliphatic carbocycles. The van der Waals surface area contributed by atoms with Crippen molar-refractivity contribution in [3.8, 4) is 0 Å². The molecule has 0 spiro atoms. The van der Waals surface area contributed by atoms with Crippen LogP contribution < -0.4 is 10.6 Å². The highest BCUT2D eigenvalue weighted by atomic mass is 127. The number of rotatable bonds is 6. The predicted octanol–water partition coefficient (Wildman–Crippen LogP) is 2.09. The summed E-state index contributed by atoms with van der Waals surface area (Å²) in [6.07, 6.45) is 8.59. The number of aliphatic imine (C=N–C) groups is 1. The van der Waals surface area contributed by atoms with E-state index in [0.29, 0.717) is 31.6 Å². The van der Waals surface area contributed by atoms with Gasteiger partial charge in [-0.2, -0.15) is 0 Å². The Balaban J connectivity index is 0.00000288. The van der Waals surface area contributed by atoms with Crippen molar-refractivity contribution in [3.63, 3.8) is 0 Å². The number of sulfone groups is 1. The van der Waals surface area contributed by atoms with E-state index in [9.17, 15) is 8.42 Å². The number of nitrogens with one attached hydrogen (secondary N) is 2. The van der Waals surface area contributed by atoms with E-state index in [4.69, 9.17) is 4.74 Å². The topological polar surface area (TPSA) is 79.8 Å². The predicted molar refractivity (Wildman–Crippen MR) is 109 cm³/mol. The Morgan fingerprint density at radius 2 is 1.88 bits per heavy atom. The molecule has 6 nitrogen and oxygen atoms in total. The van der Waals surface area contributed by atoms with Crippen LogP contribution >= 0.6 is 24.0 Å². The molecule has 24 heavy (non-hydrogen) atoms. The van der Waals surface area contributed by atoms with Gasteiger partial charge in [-0.25, -0.2) is 8.42 Å². The first kappa shape index (κ1) is 22.0. The number of hydrogen-bond donors (Lipinski definition) is 2. The lowest BCUT2D eigenvalue weighted by atomic mass is 10.1. The monoisotopic (exact) mass is 473 g/mol. The van der Waals surface area contributed by atoms with E-state index in [1.54, 1.807) is 0 Å². The molecule has 0 aromatic carbocycles. The van der Waals surface area contributed by atoms with Gasteiger partial charge in [-0.05, 0) is 26.2 Å². The largest absolute Gasteiger partial charge is 0.376 e. The second-order valence-corrected chi connectivity index (χ2v) is 8.72. The molecule has 142 valence electrons. The van der Waals surface area contributed by atoms with Crippen molar-refractivity contribution in [1.82, 2.24) is 10.6 Å². The summed E-state index contributed by atoms with van der Waals surface area (Å²) in [5.41, 5.74) is 0. The summed E-state index contributed by atoms with van der Waals surface area (Å²) >= 11 is 0. The zero-order chi connectivity index (χ0) is 16.5. The van der Waals surface area contributed by atoms with Gasteiger partial charge in [0.2, 0.25) is 0 Å². The summed E-state index contributed by atoms with van der Waals surface area (Å²) in [6.45, 7) is 3.99. The fourth-order valence-electron chi connectivity index (χ4n) is 3.21. The summed E-state index contributed by atoms with van der Waals surface area (Å²) in [6, 6.07) is -0.0272. The van der Waals surface area contributed by atoms with Gasteiger partial charge >= 0.3 is 0 Å². The molecule has 2 rings (SSSR count). The molecule has 2 N–H and O–H groups in total. The Kier molecular flexibility index (Phi) is 10.5. The fraction of sp³-hybridized carbons (Fsp3) is 0.938. The molecule has 0 bridgehead atoms. The summed E-state index contributed by atoms with van der Waals surface area (Å²) in [5, 5.41) is 6.40. The van der Waals surface area contributed by atoms with Gasteiger partial charge in [0.15, 0.2) is 15.8 Å². The Labute approximate surface area is 163 Å². The molecule has 0 aromatic rings. The minimum absolute atomic E-state index is 0. The molecule has 1 saturated carbocycles. The third kappa shape index (κ3) is 8.33. The van der Waals surface area contributed by atoms with Gasteiger partial charge in [0.1, 0.15) is 0 Å². The van der Waals surface area contributed by atoms with E-state index < -0.39 is 9.84 Å². The highest BCUT2D eigenvalue weighted by Gasteiger charge is 2.28. The molecular weight excluding hydrogens is 441 g/mol. The summed E-state index contributed by atoms with van der Waals surface area (Å²) < 4.78 is 29.0. The third-order valence-electron chi connectivity index (χ3n) is 4.43. The highest BCUT2D eigenvalue weighted by Crippen LogP contribution is 2.19. The van der Waals surface area contributed by atoms with Crippen LogP contribution in [0.25, 0.3) is 0 Å². The van der Waals surface area contributed by atoms with E-state index in [1.807, 2.05) is 6.92 Å². The second-order valence-electron chi connectivity index (χ2n) is 6.49. The quantitative estimate of drug-likeness (QED) is 0.203. The maximum Gasteiger partial charge on any atom is 0.191 e. The van der Waals surface area contributed by atoms with Crippen LogP contribution in [0.3, 0.4) is 0 Å². The molecule has 1 aliphatic heterocycles. The summed E-state index contributed by atoms with van der Waals surface area (Å²) in [5.74, 6) is 1.17. The zero-order valence-electron chi connectivity index (χ0n) is 14.6. The van der Waals surface area contributed by atoms with Crippen molar-refractivity contribution >= 4 is 39.8 Å². The molecule has 2 aliphatic rings. The first-order chi connectivity index (χ1) is 11.1. The van der Waals surface area contributed by atoms with Gasteiger partial charge in [0.25, 0.3) is 0 Å². The number of ether oxygens (including phenoxy) is 1. The second kappa shape index (κ2) is 11.5. The lowest BCUT2D eigenvalue weighted by Gasteiger charge is -2.17. The van der Waals surface area contributed by atoms with Crippen molar-refractivity contribution in [2.24, 2.45) is 4.99 Å². The van der Waals surface area contributed by atoms with Gasteiger partial charge in [-0.1, -0.05) is 25.7 Å². The lowest BCUT2D eigenvalue weighted by molar-refractivity contribution is 0.0487. The minimum atomic E-state index is -2.87. The summed E-state index contributed by atoms with van der Waals surface area (Å²) in [4.78, 5) is 4.51. The van der Waals surface area contributed by atoms with Crippen LogP contribution in [-0.4, -0.2) is 57.7 Å². The average Bonchev–Trinajstić information content (AvgIpc) is 2.71. The number of hydrogen-bond acceptors (Lipinski definition) is 4. The molecule has 2 fully saturated rings. The smallest absolute Gasteiger partial charge is 0.191 e. The van der Waals surface area contributed by atoms with Crippen LogP contribution in [0.4, 0.5) is 0 Å². The van der Waals surface area contributed by atoms with Gasteiger partial charge in [-0.3, -0.25) is 4.99 Å². The first-order valence-electron chi connectivity index (χ1n) is 8.96. The Morgan fingerprint density at radius 3 is 2.46 bits per heavy atom. The lowest BCUT2D eigenvalue weighted by Crippen LogP contribution is -2.44. The van der Waals surface area contributed by atoms with E-state index in [-0.39, 0.29) is 41.5 Å². The van der Waals surface area contributed by atoms with Crippen molar-refractivity contribution in [1.29, 1.82) is 0 Å². The first-order valence-corrected chi connectivity index (χ1v) is 10.8. The van der Waals surface area contributed by atoms with E-state index in [1.165, 1.54) is 38.5 Å². The van der Waals surface area contributed by atoms with Crippen LogP contribution in [0.15, 0.2) is 4.99 Å². The number of guanidine groups is 1. The van der Waals surface area contributed by atoms with Gasteiger partial charge in [-0.15, -0.1) is 24.0 Å². The van der Waals surface area contributed by atoms with Gasteiger partial charge in [0, 0.05) is 12.6 Å². The van der Waals surface area contributed by atoms with E-state index in [0.717, 1.165) is 6.54 Å². The van der Waals surface area contributed by atoms with E-state index >= 15 is 0 Å². The van der Waals surface area contributed by atoms with Crippen molar-refractivity contribution < 1.29 is 13.2 Å². The zero-order valence-corrected chi connectivity index (χ0v) is 17.8. The summed E-state index contributed by atoms with van der Waals surface area (Å²) in [7, 11) is -2.87. The molecular formula is C16H32IN3O3S. The molecule has 1 heterocycles. The van der Waals surface area contributed by atoms with E-state index in [2.05, 4.69) is 15.6 Å². The van der Waals surface area contributed by atoms with Gasteiger partial charge in [0.05, 0.1) is 30.8 Å². The SMILES string of the molecule is CCNC(=NCCOC1CCCCCC1)NC1CCS(=O)(=O)C1.I. The highest BCUT2D eigenvalue weighted by molar-refractivity contribution is 14.0. The van der Waals surface area contributed by atoms with Crippen LogP contribution in [0.1, 0.15) is 51.9 Å². The van der Waals surface area contributed by atoms with Crippen molar-refractivity contribution in [2.45, 2.75) is 64.0 Å². The molecule has 8 heteroatoms. The molecule has 1 saturated heterocycles. The number of halogens is 1. The van der Waals surface area contributed by atoms with Crippen molar-refractivity contribution in [2.75, 3.05) is 31.2 Å². The Morgan fingerprint density at radius 1 is 1.17 bits per heavy atom. The Bertz CT molecular complexity index is 477. The maximum absolute atomic E-state index is 11.5. The van der Waals surface area contributed by atoms with Crippen LogP contribution in [0.2, 0.25) is 0 Å². The molecule has 0 aromatic heterocycles. The third-order valence-corrected chi connectivity index (χ3v) is 6.20.